The molecular formula is C22H19F4N3O5. The first-order chi connectivity index (χ1) is 16.3. The second-order valence-electron chi connectivity index (χ2n) is 7.18. The van der Waals surface area contributed by atoms with Gasteiger partial charge < -0.3 is 28.8 Å². The maximum Gasteiger partial charge on any atom is 0.471 e. The van der Waals surface area contributed by atoms with Crippen molar-refractivity contribution >= 4 is 11.0 Å². The molecule has 0 aliphatic carbocycles. The number of hydrogen-bond donors (Lipinski definition) is 2. The Kier molecular flexibility index (Phi) is 6.98. The van der Waals surface area contributed by atoms with Crippen LogP contribution in [-0.4, -0.2) is 47.7 Å². The van der Waals surface area contributed by atoms with E-state index in [4.69, 9.17) is 13.9 Å². The fourth-order valence-corrected chi connectivity index (χ4v) is 2.98. The van der Waals surface area contributed by atoms with Crippen LogP contribution in [-0.2, 0) is 6.18 Å². The Morgan fingerprint density at radius 3 is 2.68 bits per heavy atom. The SMILES string of the molecule is O[C@@H](CNCCOc1ccc2oc(-c3noc(C(F)(F)F)n3)cc2c1)COc1ccccc1F. The van der Waals surface area contributed by atoms with E-state index in [1.807, 2.05) is 0 Å². The maximum absolute atomic E-state index is 13.5. The van der Waals surface area contributed by atoms with Crippen LogP contribution < -0.4 is 14.8 Å². The van der Waals surface area contributed by atoms with Crippen LogP contribution in [0.15, 0.2) is 57.5 Å². The van der Waals surface area contributed by atoms with Crippen LogP contribution >= 0.6 is 0 Å². The fourth-order valence-electron chi connectivity index (χ4n) is 2.98. The average molecular weight is 481 g/mol. The van der Waals surface area contributed by atoms with Gasteiger partial charge in [-0.2, -0.15) is 18.2 Å². The lowest BCUT2D eigenvalue weighted by molar-refractivity contribution is -0.159. The quantitative estimate of drug-likeness (QED) is 0.258. The van der Waals surface area contributed by atoms with E-state index in [9.17, 15) is 22.7 Å². The number of aromatic nitrogens is 2. The molecule has 0 aliphatic rings. The Bertz CT molecular complexity index is 1240. The van der Waals surface area contributed by atoms with Crippen molar-refractivity contribution < 1.29 is 41.1 Å². The number of rotatable bonds is 10. The summed E-state index contributed by atoms with van der Waals surface area (Å²) in [6.07, 6.45) is -5.59. The Hall–Kier alpha value is -3.64. The molecule has 180 valence electrons. The Balaban J connectivity index is 1.23. The van der Waals surface area contributed by atoms with Gasteiger partial charge in [0.05, 0.1) is 0 Å². The highest BCUT2D eigenvalue weighted by Crippen LogP contribution is 2.32. The van der Waals surface area contributed by atoms with E-state index in [1.54, 1.807) is 30.3 Å². The molecule has 0 saturated heterocycles. The zero-order chi connectivity index (χ0) is 24.1. The lowest BCUT2D eigenvalue weighted by Gasteiger charge is -2.14. The van der Waals surface area contributed by atoms with Crippen molar-refractivity contribution in [2.45, 2.75) is 12.3 Å². The highest BCUT2D eigenvalue weighted by molar-refractivity contribution is 5.83. The summed E-state index contributed by atoms with van der Waals surface area (Å²) in [5.74, 6) is -1.66. The Morgan fingerprint density at radius 2 is 1.91 bits per heavy atom. The number of para-hydroxylation sites is 1. The molecule has 0 radical (unpaired) electrons. The summed E-state index contributed by atoms with van der Waals surface area (Å²) in [6, 6.07) is 12.3. The van der Waals surface area contributed by atoms with E-state index in [1.165, 1.54) is 18.2 Å². The summed E-state index contributed by atoms with van der Waals surface area (Å²) in [5, 5.41) is 16.8. The molecule has 4 rings (SSSR count). The number of fused-ring (bicyclic) bond motifs is 1. The zero-order valence-corrected chi connectivity index (χ0v) is 17.5. The summed E-state index contributed by atoms with van der Waals surface area (Å²) in [5.41, 5.74) is 0.414. The van der Waals surface area contributed by atoms with E-state index in [0.29, 0.717) is 23.3 Å². The Labute approximate surface area is 190 Å². The van der Waals surface area contributed by atoms with Gasteiger partial charge in [0.1, 0.15) is 30.7 Å². The summed E-state index contributed by atoms with van der Waals surface area (Å²) >= 11 is 0. The number of alkyl halides is 3. The van der Waals surface area contributed by atoms with Gasteiger partial charge in [-0.15, -0.1) is 0 Å². The van der Waals surface area contributed by atoms with Gasteiger partial charge in [0, 0.05) is 18.5 Å². The van der Waals surface area contributed by atoms with E-state index >= 15 is 0 Å². The number of nitrogens with zero attached hydrogens (tertiary/aromatic N) is 2. The molecule has 2 aromatic heterocycles. The van der Waals surface area contributed by atoms with E-state index in [2.05, 4.69) is 20.0 Å². The van der Waals surface area contributed by atoms with Crippen molar-refractivity contribution in [1.29, 1.82) is 0 Å². The first kappa shape index (κ1) is 23.5. The maximum atomic E-state index is 13.5. The summed E-state index contributed by atoms with van der Waals surface area (Å²) in [7, 11) is 0. The van der Waals surface area contributed by atoms with Gasteiger partial charge >= 0.3 is 12.1 Å². The van der Waals surface area contributed by atoms with Gasteiger partial charge in [-0.05, 0) is 36.4 Å². The van der Waals surface area contributed by atoms with Gasteiger partial charge in [0.2, 0.25) is 5.82 Å². The standard InChI is InChI=1S/C22H19F4N3O5/c23-16-3-1-2-4-18(16)32-12-14(30)11-27-7-8-31-15-5-6-17-13(9-15)10-19(33-17)20-28-21(34-29-20)22(24,25)26/h1-6,9-10,14,27,30H,7-8,11-12H2/t14-/m0/s1. The van der Waals surface area contributed by atoms with Crippen molar-refractivity contribution in [2.24, 2.45) is 0 Å². The number of nitrogens with one attached hydrogen (secondary N) is 1. The number of hydrogen-bond acceptors (Lipinski definition) is 8. The topological polar surface area (TPSA) is 103 Å². The molecule has 0 unspecified atom stereocenters. The number of aliphatic hydroxyl groups is 1. The minimum atomic E-state index is -4.74. The molecule has 1 atom stereocenters. The molecule has 2 N–H and O–H groups in total. The van der Waals surface area contributed by atoms with E-state index in [0.717, 1.165) is 0 Å². The van der Waals surface area contributed by atoms with Crippen molar-refractivity contribution in [3.05, 3.63) is 60.2 Å². The van der Waals surface area contributed by atoms with Crippen molar-refractivity contribution in [3.63, 3.8) is 0 Å². The normalized spacial score (nSPS) is 12.7. The minimum absolute atomic E-state index is 0.0275. The molecule has 0 fully saturated rings. The zero-order valence-electron chi connectivity index (χ0n) is 17.5. The average Bonchev–Trinajstić information content (AvgIpc) is 3.45. The highest BCUT2D eigenvalue weighted by atomic mass is 19.4. The van der Waals surface area contributed by atoms with Crippen LogP contribution in [0.3, 0.4) is 0 Å². The van der Waals surface area contributed by atoms with Gasteiger partial charge in [-0.3, -0.25) is 0 Å². The molecule has 2 heterocycles. The summed E-state index contributed by atoms with van der Waals surface area (Å²) < 4.78 is 72.0. The Morgan fingerprint density at radius 1 is 1.09 bits per heavy atom. The third kappa shape index (κ3) is 5.83. The molecule has 0 amide bonds. The number of ether oxygens (including phenoxy) is 2. The van der Waals surface area contributed by atoms with Crippen LogP contribution in [0.4, 0.5) is 17.6 Å². The smallest absolute Gasteiger partial charge is 0.471 e. The molecule has 12 heteroatoms. The van der Waals surface area contributed by atoms with Gasteiger partial charge in [-0.25, -0.2) is 4.39 Å². The second kappa shape index (κ2) is 10.1. The lowest BCUT2D eigenvalue weighted by Crippen LogP contribution is -2.33. The first-order valence-electron chi connectivity index (χ1n) is 10.1. The van der Waals surface area contributed by atoms with Crippen molar-refractivity contribution in [3.8, 4) is 23.1 Å². The second-order valence-corrected chi connectivity index (χ2v) is 7.18. The van der Waals surface area contributed by atoms with Crippen molar-refractivity contribution in [1.82, 2.24) is 15.5 Å². The molecule has 0 aliphatic heterocycles. The predicted octanol–water partition coefficient (Wildman–Crippen LogP) is 4.05. The van der Waals surface area contributed by atoms with Gasteiger partial charge in [0.25, 0.3) is 0 Å². The molecule has 0 spiro atoms. The van der Waals surface area contributed by atoms with Crippen LogP contribution in [0.5, 0.6) is 11.5 Å². The molecular weight excluding hydrogens is 462 g/mol. The fraction of sp³-hybridized carbons (Fsp3) is 0.273. The first-order valence-corrected chi connectivity index (χ1v) is 10.1. The number of furan rings is 1. The van der Waals surface area contributed by atoms with Crippen LogP contribution in [0.25, 0.3) is 22.6 Å². The van der Waals surface area contributed by atoms with Gasteiger partial charge in [-0.1, -0.05) is 17.3 Å². The van der Waals surface area contributed by atoms with Gasteiger partial charge in [0.15, 0.2) is 17.3 Å². The third-order valence-electron chi connectivity index (χ3n) is 4.57. The minimum Gasteiger partial charge on any atom is -0.492 e. The summed E-state index contributed by atoms with van der Waals surface area (Å²) in [4.78, 5) is 3.30. The molecule has 8 nitrogen and oxygen atoms in total. The number of benzene rings is 2. The molecule has 34 heavy (non-hydrogen) atoms. The van der Waals surface area contributed by atoms with Crippen LogP contribution in [0, 0.1) is 5.82 Å². The highest BCUT2D eigenvalue weighted by Gasteiger charge is 2.38. The third-order valence-corrected chi connectivity index (χ3v) is 4.57. The largest absolute Gasteiger partial charge is 0.492 e. The van der Waals surface area contributed by atoms with E-state index in [-0.39, 0.29) is 37.1 Å². The number of halogens is 4. The molecule has 0 saturated carbocycles. The van der Waals surface area contributed by atoms with Crippen LogP contribution in [0.2, 0.25) is 0 Å². The summed E-state index contributed by atoms with van der Waals surface area (Å²) in [6.45, 7) is 0.830. The molecule has 0 bridgehead atoms. The van der Waals surface area contributed by atoms with Crippen LogP contribution in [0.1, 0.15) is 5.89 Å². The predicted molar refractivity (Wildman–Crippen MR) is 111 cm³/mol. The molecule has 4 aromatic rings. The number of aliphatic hydroxyl groups excluding tert-OH is 1. The van der Waals surface area contributed by atoms with E-state index < -0.39 is 24.0 Å². The molecule has 2 aromatic carbocycles. The lowest BCUT2D eigenvalue weighted by atomic mass is 10.2. The van der Waals surface area contributed by atoms with Crippen molar-refractivity contribution in [2.75, 3.05) is 26.3 Å². The monoisotopic (exact) mass is 481 g/mol.